The summed E-state index contributed by atoms with van der Waals surface area (Å²) >= 11 is 11.8. The normalized spacial score (nSPS) is 10.5. The van der Waals surface area contributed by atoms with E-state index in [0.717, 1.165) is 0 Å². The molecule has 30 heavy (non-hydrogen) atoms. The molecular weight excluding hydrogens is 431 g/mol. The molecule has 0 spiro atoms. The third-order valence-electron chi connectivity index (χ3n) is 3.54. The second-order valence-corrected chi connectivity index (χ2v) is 6.86. The molecule has 0 aromatic heterocycles. The van der Waals surface area contributed by atoms with E-state index in [1.54, 1.807) is 42.5 Å². The molecular formula is C20H20Cl2N4O4. The molecule has 0 bridgehead atoms. The average Bonchev–Trinajstić information content (AvgIpc) is 2.70. The van der Waals surface area contributed by atoms with Crippen LogP contribution >= 0.6 is 23.2 Å². The lowest BCUT2D eigenvalue weighted by Gasteiger charge is -2.10. The van der Waals surface area contributed by atoms with Gasteiger partial charge in [-0.05, 0) is 36.8 Å². The maximum absolute atomic E-state index is 12.1. The van der Waals surface area contributed by atoms with Crippen LogP contribution in [0.4, 0.5) is 5.69 Å². The molecule has 2 aromatic rings. The van der Waals surface area contributed by atoms with Crippen LogP contribution in [0.15, 0.2) is 47.6 Å². The van der Waals surface area contributed by atoms with Crippen molar-refractivity contribution >= 4 is 52.8 Å². The number of hydrogen-bond acceptors (Lipinski definition) is 5. The van der Waals surface area contributed by atoms with E-state index in [4.69, 9.17) is 27.9 Å². The fourth-order valence-corrected chi connectivity index (χ4v) is 2.74. The van der Waals surface area contributed by atoms with Crippen molar-refractivity contribution in [2.45, 2.75) is 13.3 Å². The minimum absolute atomic E-state index is 0.277. The first-order chi connectivity index (χ1) is 14.4. The van der Waals surface area contributed by atoms with Gasteiger partial charge in [-0.3, -0.25) is 14.4 Å². The van der Waals surface area contributed by atoms with Crippen molar-refractivity contribution in [3.05, 3.63) is 58.1 Å². The van der Waals surface area contributed by atoms with E-state index < -0.39 is 17.7 Å². The van der Waals surface area contributed by atoms with Crippen molar-refractivity contribution in [1.82, 2.24) is 10.7 Å². The van der Waals surface area contributed by atoms with Crippen LogP contribution in [0.25, 0.3) is 0 Å². The lowest BCUT2D eigenvalue weighted by atomic mass is 10.2. The Balaban J connectivity index is 1.92. The Bertz CT molecular complexity index is 930. The fourth-order valence-electron chi connectivity index (χ4n) is 2.22. The summed E-state index contributed by atoms with van der Waals surface area (Å²) in [5.74, 6) is -1.69. The number of rotatable bonds is 8. The number of hydrazone groups is 1. The zero-order chi connectivity index (χ0) is 21.9. The summed E-state index contributed by atoms with van der Waals surface area (Å²) in [6.45, 7) is 1.99. The van der Waals surface area contributed by atoms with E-state index in [0.29, 0.717) is 40.0 Å². The van der Waals surface area contributed by atoms with Crippen LogP contribution in [0.1, 0.15) is 18.9 Å². The lowest BCUT2D eigenvalue weighted by Crippen LogP contribution is -2.38. The number of nitrogens with zero attached hydrogens (tertiary/aromatic N) is 1. The molecule has 0 atom stereocenters. The van der Waals surface area contributed by atoms with Gasteiger partial charge in [-0.1, -0.05) is 42.3 Å². The molecule has 158 valence electrons. The Morgan fingerprint density at radius 1 is 1.07 bits per heavy atom. The van der Waals surface area contributed by atoms with Gasteiger partial charge in [-0.25, -0.2) is 5.43 Å². The molecule has 2 aromatic carbocycles. The monoisotopic (exact) mass is 450 g/mol. The van der Waals surface area contributed by atoms with Gasteiger partial charge in [0, 0.05) is 27.8 Å². The first kappa shape index (κ1) is 23.2. The van der Waals surface area contributed by atoms with E-state index in [1.165, 1.54) is 6.21 Å². The topological polar surface area (TPSA) is 109 Å². The van der Waals surface area contributed by atoms with E-state index in [1.807, 2.05) is 6.92 Å². The highest BCUT2D eigenvalue weighted by Gasteiger charge is 2.11. The number of carbonyl (C=O) groups excluding carboxylic acids is 3. The second-order valence-electron chi connectivity index (χ2n) is 5.99. The van der Waals surface area contributed by atoms with E-state index in [9.17, 15) is 14.4 Å². The largest absolute Gasteiger partial charge is 0.483 e. The summed E-state index contributed by atoms with van der Waals surface area (Å²) in [6.07, 6.45) is 2.03. The summed E-state index contributed by atoms with van der Waals surface area (Å²) in [6, 6.07) is 11.4. The molecule has 0 saturated heterocycles. The SMILES string of the molecule is CCCNC(=O)C(=O)N/N=C\c1ccccc1OCC(=O)Nc1cc(Cl)cc(Cl)c1. The minimum Gasteiger partial charge on any atom is -0.483 e. The number of benzene rings is 2. The standard InChI is InChI=1S/C20H20Cl2N4O4/c1-2-7-23-19(28)20(29)26-24-11-13-5-3-4-6-17(13)30-12-18(27)25-16-9-14(21)8-15(22)10-16/h3-6,8-11H,2,7,12H2,1H3,(H,23,28)(H,25,27)(H,26,29)/b24-11-. The zero-order valence-electron chi connectivity index (χ0n) is 16.1. The zero-order valence-corrected chi connectivity index (χ0v) is 17.6. The van der Waals surface area contributed by atoms with E-state index >= 15 is 0 Å². The highest BCUT2D eigenvalue weighted by Crippen LogP contribution is 2.22. The van der Waals surface area contributed by atoms with Crippen molar-refractivity contribution in [2.24, 2.45) is 5.10 Å². The number of amides is 3. The van der Waals surface area contributed by atoms with Gasteiger partial charge in [-0.2, -0.15) is 5.10 Å². The molecule has 10 heteroatoms. The Kier molecular flexibility index (Phi) is 9.11. The highest BCUT2D eigenvalue weighted by molar-refractivity contribution is 6.35. The highest BCUT2D eigenvalue weighted by atomic mass is 35.5. The Hall–Kier alpha value is -3.10. The quantitative estimate of drug-likeness (QED) is 0.326. The third kappa shape index (κ3) is 7.73. The number of anilines is 1. The molecule has 0 saturated carbocycles. The molecule has 3 amide bonds. The number of ether oxygens (including phenoxy) is 1. The molecule has 0 heterocycles. The lowest BCUT2D eigenvalue weighted by molar-refractivity contribution is -0.139. The van der Waals surface area contributed by atoms with Crippen molar-refractivity contribution < 1.29 is 19.1 Å². The number of hydrogen-bond donors (Lipinski definition) is 3. The average molecular weight is 451 g/mol. The van der Waals surface area contributed by atoms with Gasteiger partial charge in [-0.15, -0.1) is 0 Å². The maximum atomic E-state index is 12.1. The smallest absolute Gasteiger partial charge is 0.329 e. The Labute approximate surface area is 183 Å². The fraction of sp³-hybridized carbons (Fsp3) is 0.200. The Morgan fingerprint density at radius 3 is 2.47 bits per heavy atom. The predicted octanol–water partition coefficient (Wildman–Crippen LogP) is 2.99. The molecule has 0 aliphatic carbocycles. The first-order valence-corrected chi connectivity index (χ1v) is 9.73. The van der Waals surface area contributed by atoms with Crippen LogP contribution in [0.5, 0.6) is 5.75 Å². The molecule has 0 radical (unpaired) electrons. The van der Waals surface area contributed by atoms with Gasteiger partial charge in [0.1, 0.15) is 5.75 Å². The van der Waals surface area contributed by atoms with Gasteiger partial charge < -0.3 is 15.4 Å². The third-order valence-corrected chi connectivity index (χ3v) is 3.97. The van der Waals surface area contributed by atoms with Crippen LogP contribution in [-0.2, 0) is 14.4 Å². The van der Waals surface area contributed by atoms with Crippen molar-refractivity contribution in [2.75, 3.05) is 18.5 Å². The maximum Gasteiger partial charge on any atom is 0.329 e. The number of nitrogens with one attached hydrogen (secondary N) is 3. The van der Waals surface area contributed by atoms with Gasteiger partial charge in [0.2, 0.25) is 0 Å². The van der Waals surface area contributed by atoms with Crippen LogP contribution < -0.4 is 20.8 Å². The van der Waals surface area contributed by atoms with Gasteiger partial charge in [0.25, 0.3) is 5.91 Å². The summed E-state index contributed by atoms with van der Waals surface area (Å²) in [5.41, 5.74) is 3.08. The second kappa shape index (κ2) is 11.8. The first-order valence-electron chi connectivity index (χ1n) is 8.98. The van der Waals surface area contributed by atoms with Crippen LogP contribution in [-0.4, -0.2) is 37.1 Å². The van der Waals surface area contributed by atoms with Crippen LogP contribution in [0, 0.1) is 0 Å². The minimum atomic E-state index is -0.877. The molecule has 8 nitrogen and oxygen atoms in total. The predicted molar refractivity (Wildman–Crippen MR) is 116 cm³/mol. The molecule has 0 aliphatic heterocycles. The van der Waals surface area contributed by atoms with Gasteiger partial charge in [0.05, 0.1) is 6.21 Å². The summed E-state index contributed by atoms with van der Waals surface area (Å²) in [4.78, 5) is 35.2. The molecule has 2 rings (SSSR count). The number of para-hydroxylation sites is 1. The van der Waals surface area contributed by atoms with Gasteiger partial charge in [0.15, 0.2) is 6.61 Å². The molecule has 0 aliphatic rings. The number of carbonyl (C=O) groups is 3. The number of halogens is 2. The molecule has 0 unspecified atom stereocenters. The Morgan fingerprint density at radius 2 is 1.77 bits per heavy atom. The summed E-state index contributed by atoms with van der Waals surface area (Å²) in [7, 11) is 0. The van der Waals surface area contributed by atoms with Crippen LogP contribution in [0.3, 0.4) is 0 Å². The van der Waals surface area contributed by atoms with E-state index in [2.05, 4.69) is 21.2 Å². The van der Waals surface area contributed by atoms with Crippen molar-refractivity contribution in [3.63, 3.8) is 0 Å². The molecule has 0 fully saturated rings. The van der Waals surface area contributed by atoms with Gasteiger partial charge >= 0.3 is 11.8 Å². The van der Waals surface area contributed by atoms with Crippen molar-refractivity contribution in [1.29, 1.82) is 0 Å². The molecule has 3 N–H and O–H groups in total. The van der Waals surface area contributed by atoms with Crippen LogP contribution in [0.2, 0.25) is 10.0 Å². The van der Waals surface area contributed by atoms with Crippen molar-refractivity contribution in [3.8, 4) is 5.75 Å². The van der Waals surface area contributed by atoms with E-state index in [-0.39, 0.29) is 6.61 Å². The summed E-state index contributed by atoms with van der Waals surface area (Å²) < 4.78 is 5.53. The summed E-state index contributed by atoms with van der Waals surface area (Å²) in [5, 5.41) is 9.61.